The third-order valence-electron chi connectivity index (χ3n) is 4.84. The monoisotopic (exact) mass is 452 g/mol. The molecule has 1 atom stereocenters. The van der Waals surface area contributed by atoms with Crippen molar-refractivity contribution < 1.29 is 28.7 Å². The van der Waals surface area contributed by atoms with E-state index in [1.165, 1.54) is 6.92 Å². The molecule has 0 saturated carbocycles. The molecule has 10 nitrogen and oxygen atoms in total. The number of anilines is 2. The Morgan fingerprint density at radius 1 is 0.970 bits per heavy atom. The Hall–Kier alpha value is -4.21. The van der Waals surface area contributed by atoms with E-state index in [9.17, 15) is 24.0 Å². The molecule has 172 valence electrons. The van der Waals surface area contributed by atoms with Gasteiger partial charge in [-0.2, -0.15) is 0 Å². The standard InChI is InChI=1S/C23H24N4O6/c1-14-3-5-16(6-4-14)22(31)26-27-12-17(11-21(27)30)23(32)33-13-20(29)25-19-9-7-18(8-10-19)24-15(2)28/h3-10,17H,11-13H2,1-2H3,(H,24,28)(H,25,29)(H,26,31)/t17-/m1/s1. The highest BCUT2D eigenvalue weighted by Gasteiger charge is 2.36. The summed E-state index contributed by atoms with van der Waals surface area (Å²) in [5.41, 5.74) is 4.93. The van der Waals surface area contributed by atoms with Crippen LogP contribution in [-0.4, -0.2) is 47.8 Å². The number of benzene rings is 2. The summed E-state index contributed by atoms with van der Waals surface area (Å²) in [6, 6.07) is 13.3. The van der Waals surface area contributed by atoms with Crippen LogP contribution in [0, 0.1) is 12.8 Å². The molecule has 1 heterocycles. The molecular formula is C23H24N4O6. The molecule has 3 N–H and O–H groups in total. The van der Waals surface area contributed by atoms with Crippen molar-refractivity contribution in [2.75, 3.05) is 23.8 Å². The van der Waals surface area contributed by atoms with Crippen molar-refractivity contribution in [3.63, 3.8) is 0 Å². The summed E-state index contributed by atoms with van der Waals surface area (Å²) >= 11 is 0. The first kappa shape index (κ1) is 23.5. The van der Waals surface area contributed by atoms with Crippen molar-refractivity contribution in [2.24, 2.45) is 5.92 Å². The van der Waals surface area contributed by atoms with Crippen LogP contribution in [0.2, 0.25) is 0 Å². The van der Waals surface area contributed by atoms with Gasteiger partial charge in [-0.1, -0.05) is 17.7 Å². The van der Waals surface area contributed by atoms with Crippen molar-refractivity contribution in [3.8, 4) is 0 Å². The van der Waals surface area contributed by atoms with Gasteiger partial charge < -0.3 is 15.4 Å². The van der Waals surface area contributed by atoms with E-state index < -0.39 is 36.2 Å². The highest BCUT2D eigenvalue weighted by atomic mass is 16.5. The van der Waals surface area contributed by atoms with Gasteiger partial charge in [0.1, 0.15) is 0 Å². The third kappa shape index (κ3) is 6.63. The predicted octanol–water partition coefficient (Wildman–Crippen LogP) is 1.63. The Kier molecular flexibility index (Phi) is 7.39. The van der Waals surface area contributed by atoms with Crippen LogP contribution in [0.3, 0.4) is 0 Å². The van der Waals surface area contributed by atoms with E-state index in [4.69, 9.17) is 4.74 Å². The molecule has 33 heavy (non-hydrogen) atoms. The maximum atomic E-state index is 12.3. The lowest BCUT2D eigenvalue weighted by Crippen LogP contribution is -2.43. The van der Waals surface area contributed by atoms with Gasteiger partial charge in [-0.3, -0.25) is 34.4 Å². The zero-order valence-corrected chi connectivity index (χ0v) is 18.2. The summed E-state index contributed by atoms with van der Waals surface area (Å²) in [7, 11) is 0. The number of carbonyl (C=O) groups excluding carboxylic acids is 5. The van der Waals surface area contributed by atoms with Crippen LogP contribution < -0.4 is 16.1 Å². The van der Waals surface area contributed by atoms with Crippen molar-refractivity contribution >= 4 is 41.0 Å². The molecule has 2 aromatic carbocycles. The highest BCUT2D eigenvalue weighted by Crippen LogP contribution is 2.18. The van der Waals surface area contributed by atoms with E-state index in [0.717, 1.165) is 10.6 Å². The quantitative estimate of drug-likeness (QED) is 0.547. The molecule has 0 radical (unpaired) electrons. The number of nitrogens with zero attached hydrogens (tertiary/aromatic N) is 1. The van der Waals surface area contributed by atoms with Crippen LogP contribution in [0.1, 0.15) is 29.3 Å². The van der Waals surface area contributed by atoms with Crippen molar-refractivity contribution in [1.29, 1.82) is 0 Å². The molecule has 0 aromatic heterocycles. The topological polar surface area (TPSA) is 134 Å². The van der Waals surface area contributed by atoms with Gasteiger partial charge in [0.2, 0.25) is 11.8 Å². The van der Waals surface area contributed by atoms with E-state index in [-0.39, 0.29) is 18.9 Å². The third-order valence-corrected chi connectivity index (χ3v) is 4.84. The number of carbonyl (C=O) groups is 5. The first-order valence-corrected chi connectivity index (χ1v) is 10.2. The van der Waals surface area contributed by atoms with Crippen LogP contribution in [0.4, 0.5) is 11.4 Å². The van der Waals surface area contributed by atoms with E-state index >= 15 is 0 Å². The molecule has 1 aliphatic heterocycles. The lowest BCUT2D eigenvalue weighted by atomic mass is 10.1. The fraction of sp³-hybridized carbons (Fsp3) is 0.261. The number of aryl methyl sites for hydroxylation is 1. The van der Waals surface area contributed by atoms with Crippen molar-refractivity contribution in [3.05, 3.63) is 59.7 Å². The molecule has 4 amide bonds. The average Bonchev–Trinajstić information content (AvgIpc) is 3.13. The molecule has 0 unspecified atom stereocenters. The van der Waals surface area contributed by atoms with Crippen LogP contribution >= 0.6 is 0 Å². The zero-order valence-electron chi connectivity index (χ0n) is 18.2. The Labute approximate surface area is 190 Å². The number of hydrogen-bond acceptors (Lipinski definition) is 6. The molecule has 0 spiro atoms. The van der Waals surface area contributed by atoms with Crippen LogP contribution in [0.5, 0.6) is 0 Å². The summed E-state index contributed by atoms with van der Waals surface area (Å²) in [5, 5.41) is 6.27. The van der Waals surface area contributed by atoms with Crippen molar-refractivity contribution in [1.82, 2.24) is 10.4 Å². The first-order valence-electron chi connectivity index (χ1n) is 10.2. The maximum absolute atomic E-state index is 12.3. The van der Waals surface area contributed by atoms with Crippen LogP contribution in [-0.2, 0) is 23.9 Å². The van der Waals surface area contributed by atoms with Gasteiger partial charge in [-0.05, 0) is 43.3 Å². The second-order valence-corrected chi connectivity index (χ2v) is 7.63. The van der Waals surface area contributed by atoms with E-state index in [1.807, 2.05) is 6.92 Å². The summed E-state index contributed by atoms with van der Waals surface area (Å²) < 4.78 is 5.04. The Morgan fingerprint density at radius 2 is 1.58 bits per heavy atom. The number of nitrogens with one attached hydrogen (secondary N) is 3. The normalized spacial score (nSPS) is 15.0. The number of hydrogen-bond donors (Lipinski definition) is 3. The average molecular weight is 452 g/mol. The number of esters is 1. The maximum Gasteiger partial charge on any atom is 0.311 e. The molecule has 0 aliphatic carbocycles. The van der Waals surface area contributed by atoms with Gasteiger partial charge in [-0.25, -0.2) is 0 Å². The molecule has 1 fully saturated rings. The molecule has 10 heteroatoms. The van der Waals surface area contributed by atoms with Crippen LogP contribution in [0.25, 0.3) is 0 Å². The molecule has 3 rings (SSSR count). The second kappa shape index (κ2) is 10.4. The molecule has 2 aromatic rings. The molecular weight excluding hydrogens is 428 g/mol. The van der Waals surface area contributed by atoms with E-state index in [1.54, 1.807) is 48.5 Å². The van der Waals surface area contributed by atoms with E-state index in [2.05, 4.69) is 16.1 Å². The molecule has 0 bridgehead atoms. The molecule has 1 aliphatic rings. The number of hydrazine groups is 1. The smallest absolute Gasteiger partial charge is 0.311 e. The van der Waals surface area contributed by atoms with Gasteiger partial charge in [-0.15, -0.1) is 0 Å². The van der Waals surface area contributed by atoms with Crippen molar-refractivity contribution in [2.45, 2.75) is 20.3 Å². The lowest BCUT2D eigenvalue weighted by Gasteiger charge is -2.17. The minimum atomic E-state index is -0.791. The second-order valence-electron chi connectivity index (χ2n) is 7.63. The number of ether oxygens (including phenoxy) is 1. The Bertz CT molecular complexity index is 1070. The number of rotatable bonds is 7. The fourth-order valence-corrected chi connectivity index (χ4v) is 3.16. The Balaban J connectivity index is 1.45. The highest BCUT2D eigenvalue weighted by molar-refractivity contribution is 5.97. The zero-order chi connectivity index (χ0) is 24.0. The van der Waals surface area contributed by atoms with Gasteiger partial charge in [0.15, 0.2) is 6.61 Å². The molecule has 1 saturated heterocycles. The predicted molar refractivity (Wildman–Crippen MR) is 119 cm³/mol. The summed E-state index contributed by atoms with van der Waals surface area (Å²) in [6.45, 7) is 2.72. The summed E-state index contributed by atoms with van der Waals surface area (Å²) in [6.07, 6.45) is -0.126. The largest absolute Gasteiger partial charge is 0.455 e. The minimum Gasteiger partial charge on any atom is -0.455 e. The minimum absolute atomic E-state index is 0.0402. The van der Waals surface area contributed by atoms with Gasteiger partial charge in [0.05, 0.1) is 12.5 Å². The SMILES string of the molecule is CC(=O)Nc1ccc(NC(=O)COC(=O)[C@@H]2CC(=O)N(NC(=O)c3ccc(C)cc3)C2)cc1. The van der Waals surface area contributed by atoms with E-state index in [0.29, 0.717) is 16.9 Å². The summed E-state index contributed by atoms with van der Waals surface area (Å²) in [5.74, 6) is -3.13. The van der Waals surface area contributed by atoms with Gasteiger partial charge >= 0.3 is 5.97 Å². The Morgan fingerprint density at radius 3 is 2.18 bits per heavy atom. The van der Waals surface area contributed by atoms with Crippen LogP contribution in [0.15, 0.2) is 48.5 Å². The number of amides is 4. The lowest BCUT2D eigenvalue weighted by molar-refractivity contribution is -0.151. The summed E-state index contributed by atoms with van der Waals surface area (Å²) in [4.78, 5) is 59.9. The van der Waals surface area contributed by atoms with Gasteiger partial charge in [0, 0.05) is 30.3 Å². The first-order chi connectivity index (χ1) is 15.7. The fourth-order valence-electron chi connectivity index (χ4n) is 3.16. The van der Waals surface area contributed by atoms with Gasteiger partial charge in [0.25, 0.3) is 11.8 Å².